The minimum absolute atomic E-state index is 0.135. The molecule has 0 aliphatic carbocycles. The highest BCUT2D eigenvalue weighted by atomic mass is 79.9. The first kappa shape index (κ1) is 24.1. The second-order valence-corrected chi connectivity index (χ2v) is 8.55. The van der Waals surface area contributed by atoms with E-state index in [0.29, 0.717) is 29.5 Å². The van der Waals surface area contributed by atoms with Crippen LogP contribution < -0.4 is 15.4 Å². The van der Waals surface area contributed by atoms with Crippen molar-refractivity contribution in [2.75, 3.05) is 11.9 Å². The molecule has 1 amide bonds. The van der Waals surface area contributed by atoms with Crippen LogP contribution in [-0.2, 0) is 4.79 Å². The van der Waals surface area contributed by atoms with Crippen LogP contribution in [0.1, 0.15) is 20.3 Å². The quantitative estimate of drug-likeness (QED) is 0.308. The lowest BCUT2D eigenvalue weighted by molar-refractivity contribution is -0.121. The molecule has 4 aromatic rings. The fraction of sp³-hybridized carbons (Fsp3) is 0.273. The Balaban J connectivity index is 1.92. The van der Waals surface area contributed by atoms with Crippen LogP contribution in [0.15, 0.2) is 40.9 Å². The molecule has 178 valence electrons. The van der Waals surface area contributed by atoms with E-state index < -0.39 is 12.7 Å². The van der Waals surface area contributed by atoms with E-state index in [2.05, 4.69) is 46.4 Å². The maximum Gasteiger partial charge on any atom is 0.387 e. The van der Waals surface area contributed by atoms with E-state index in [1.807, 2.05) is 32.0 Å². The Morgan fingerprint density at radius 3 is 2.74 bits per heavy atom. The minimum atomic E-state index is -3.05. The molecule has 0 aliphatic heterocycles. The summed E-state index contributed by atoms with van der Waals surface area (Å²) in [5, 5.41) is 11.4. The van der Waals surface area contributed by atoms with E-state index in [0.717, 1.165) is 4.47 Å². The molecule has 2 aromatic carbocycles. The summed E-state index contributed by atoms with van der Waals surface area (Å²) < 4.78 is 32.9. The number of rotatable bonds is 8. The standard InChI is InChI=1S/C22H20BrClF2N6O2/c1-3-15(20(33)27-4-2)28-22-29-17-13(6-5-7-14(17)23)19-30-18(31-32(19)22)12-9-8-11(24)10-16(12)34-21(25)26/h5-10,15,21H,3-4H2,1-2H3,(H,27,33)(H,28,29)/t15-/m0/s1. The van der Waals surface area contributed by atoms with Gasteiger partial charge in [0.15, 0.2) is 11.5 Å². The van der Waals surface area contributed by atoms with Crippen molar-refractivity contribution in [2.45, 2.75) is 32.9 Å². The van der Waals surface area contributed by atoms with Gasteiger partial charge in [-0.1, -0.05) is 24.6 Å². The molecule has 0 fully saturated rings. The number of benzene rings is 2. The lowest BCUT2D eigenvalue weighted by Crippen LogP contribution is -2.39. The third-order valence-corrected chi connectivity index (χ3v) is 5.91. The van der Waals surface area contributed by atoms with Crippen molar-refractivity contribution in [3.05, 3.63) is 45.9 Å². The average Bonchev–Trinajstić information content (AvgIpc) is 3.23. The largest absolute Gasteiger partial charge is 0.434 e. The number of aromatic nitrogens is 4. The SMILES string of the molecule is CCNC(=O)[C@H](CC)Nc1nc2c(Br)cccc2c2nc(-c3ccc(Cl)cc3OC(F)F)nn12. The monoisotopic (exact) mass is 552 g/mol. The number of likely N-dealkylation sites (N-methyl/N-ethyl adjacent to an activating group) is 1. The van der Waals surface area contributed by atoms with E-state index >= 15 is 0 Å². The van der Waals surface area contributed by atoms with Gasteiger partial charge in [0, 0.05) is 21.4 Å². The molecule has 2 aromatic heterocycles. The Morgan fingerprint density at radius 1 is 1.24 bits per heavy atom. The zero-order valence-corrected chi connectivity index (χ0v) is 20.5. The Bertz CT molecular complexity index is 1370. The smallest absolute Gasteiger partial charge is 0.387 e. The number of para-hydroxylation sites is 1. The maximum atomic E-state index is 13.0. The van der Waals surface area contributed by atoms with Crippen molar-refractivity contribution < 1.29 is 18.3 Å². The Hall–Kier alpha value is -3.05. The second kappa shape index (κ2) is 10.1. The maximum absolute atomic E-state index is 13.0. The molecule has 2 heterocycles. The normalized spacial score (nSPS) is 12.3. The van der Waals surface area contributed by atoms with Gasteiger partial charge < -0.3 is 15.4 Å². The molecule has 34 heavy (non-hydrogen) atoms. The van der Waals surface area contributed by atoms with Crippen LogP contribution >= 0.6 is 27.5 Å². The van der Waals surface area contributed by atoms with Gasteiger partial charge in [-0.15, -0.1) is 5.10 Å². The first-order valence-corrected chi connectivity index (χ1v) is 11.6. The van der Waals surface area contributed by atoms with Crippen molar-refractivity contribution in [3.8, 4) is 17.1 Å². The number of halogens is 4. The molecule has 0 bridgehead atoms. The molecule has 0 radical (unpaired) electrons. The number of fused-ring (bicyclic) bond motifs is 3. The summed E-state index contributed by atoms with van der Waals surface area (Å²) >= 11 is 9.49. The molecule has 8 nitrogen and oxygen atoms in total. The number of nitrogens with zero attached hydrogens (tertiary/aromatic N) is 4. The van der Waals surface area contributed by atoms with Crippen LogP contribution in [0.2, 0.25) is 5.02 Å². The third kappa shape index (κ3) is 4.76. The van der Waals surface area contributed by atoms with Crippen LogP contribution in [0.3, 0.4) is 0 Å². The second-order valence-electron chi connectivity index (χ2n) is 7.26. The number of hydrogen-bond donors (Lipinski definition) is 2. The number of carbonyl (C=O) groups excluding carboxylic acids is 1. The summed E-state index contributed by atoms with van der Waals surface area (Å²) in [6.07, 6.45) is 0.494. The predicted molar refractivity (Wildman–Crippen MR) is 129 cm³/mol. The average molecular weight is 554 g/mol. The Kier molecular flexibility index (Phi) is 7.13. The van der Waals surface area contributed by atoms with E-state index in [1.54, 1.807) is 0 Å². The van der Waals surface area contributed by atoms with Crippen molar-refractivity contribution in [2.24, 2.45) is 0 Å². The Labute approximate surface area is 206 Å². The molecule has 12 heteroatoms. The van der Waals surface area contributed by atoms with Gasteiger partial charge in [-0.3, -0.25) is 4.79 Å². The molecule has 0 saturated heterocycles. The molecule has 2 N–H and O–H groups in total. The number of anilines is 1. The summed E-state index contributed by atoms with van der Waals surface area (Å²) in [4.78, 5) is 21.8. The highest BCUT2D eigenvalue weighted by Gasteiger charge is 2.22. The number of nitrogens with one attached hydrogen (secondary N) is 2. The van der Waals surface area contributed by atoms with Gasteiger partial charge in [0.1, 0.15) is 11.8 Å². The van der Waals surface area contributed by atoms with Gasteiger partial charge in [-0.05, 0) is 59.6 Å². The molecule has 0 spiro atoms. The minimum Gasteiger partial charge on any atom is -0.434 e. The number of alkyl halides is 2. The van der Waals surface area contributed by atoms with Crippen molar-refractivity contribution in [1.82, 2.24) is 24.9 Å². The highest BCUT2D eigenvalue weighted by Crippen LogP contribution is 2.34. The first-order valence-electron chi connectivity index (χ1n) is 10.5. The van der Waals surface area contributed by atoms with Gasteiger partial charge in [-0.25, -0.2) is 9.97 Å². The summed E-state index contributed by atoms with van der Waals surface area (Å²) in [6.45, 7) is 1.14. The van der Waals surface area contributed by atoms with Crippen LogP contribution in [0.25, 0.3) is 27.9 Å². The van der Waals surface area contributed by atoms with Crippen molar-refractivity contribution in [1.29, 1.82) is 0 Å². The third-order valence-electron chi connectivity index (χ3n) is 5.03. The number of ether oxygens (including phenoxy) is 1. The van der Waals surface area contributed by atoms with Gasteiger partial charge in [0.05, 0.1) is 11.1 Å². The van der Waals surface area contributed by atoms with Gasteiger partial charge in [0.2, 0.25) is 11.9 Å². The van der Waals surface area contributed by atoms with Crippen molar-refractivity contribution >= 4 is 55.9 Å². The molecule has 4 rings (SSSR count). The van der Waals surface area contributed by atoms with Crippen LogP contribution in [0, 0.1) is 0 Å². The van der Waals surface area contributed by atoms with Crippen LogP contribution in [0.4, 0.5) is 14.7 Å². The van der Waals surface area contributed by atoms with Crippen molar-refractivity contribution in [3.63, 3.8) is 0 Å². The number of amides is 1. The van der Waals surface area contributed by atoms with Crippen LogP contribution in [0.5, 0.6) is 5.75 Å². The number of carbonyl (C=O) groups is 1. The topological polar surface area (TPSA) is 93.4 Å². The summed E-state index contributed by atoms with van der Waals surface area (Å²) in [5.74, 6) is 0.0743. The van der Waals surface area contributed by atoms with E-state index in [9.17, 15) is 13.6 Å². The fourth-order valence-electron chi connectivity index (χ4n) is 3.48. The molecular weight excluding hydrogens is 534 g/mol. The van der Waals surface area contributed by atoms with Gasteiger partial charge >= 0.3 is 6.61 Å². The molecule has 1 atom stereocenters. The summed E-state index contributed by atoms with van der Waals surface area (Å²) in [7, 11) is 0. The number of hydrogen-bond acceptors (Lipinski definition) is 6. The molecular formula is C22H20BrClF2N6O2. The summed E-state index contributed by atoms with van der Waals surface area (Å²) in [5.41, 5.74) is 1.26. The fourth-order valence-corrected chi connectivity index (χ4v) is 4.10. The zero-order chi connectivity index (χ0) is 24.4. The first-order chi connectivity index (χ1) is 16.3. The lowest BCUT2D eigenvalue weighted by Gasteiger charge is -2.17. The summed E-state index contributed by atoms with van der Waals surface area (Å²) in [6, 6.07) is 9.24. The van der Waals surface area contributed by atoms with E-state index in [1.165, 1.54) is 22.7 Å². The van der Waals surface area contributed by atoms with Gasteiger partial charge in [-0.2, -0.15) is 13.3 Å². The van der Waals surface area contributed by atoms with E-state index in [4.69, 9.17) is 11.6 Å². The lowest BCUT2D eigenvalue weighted by atomic mass is 10.2. The predicted octanol–water partition coefficient (Wildman–Crippen LogP) is 5.29. The van der Waals surface area contributed by atoms with Crippen LogP contribution in [-0.4, -0.2) is 44.7 Å². The molecule has 0 aliphatic rings. The molecule has 0 saturated carbocycles. The van der Waals surface area contributed by atoms with Gasteiger partial charge in [0.25, 0.3) is 0 Å². The Morgan fingerprint density at radius 2 is 2.03 bits per heavy atom. The van der Waals surface area contributed by atoms with E-state index in [-0.39, 0.29) is 34.0 Å². The highest BCUT2D eigenvalue weighted by molar-refractivity contribution is 9.10. The molecule has 0 unspecified atom stereocenters. The zero-order valence-electron chi connectivity index (χ0n) is 18.2.